The lowest BCUT2D eigenvalue weighted by Gasteiger charge is -2.20. The van der Waals surface area contributed by atoms with E-state index in [1.54, 1.807) is 0 Å². The number of anilines is 1. The summed E-state index contributed by atoms with van der Waals surface area (Å²) < 4.78 is 29.5. The molecule has 3 aromatic rings. The van der Waals surface area contributed by atoms with E-state index >= 15 is 0 Å². The van der Waals surface area contributed by atoms with Crippen LogP contribution in [0.1, 0.15) is 35.2 Å². The van der Waals surface area contributed by atoms with Crippen LogP contribution in [0.5, 0.6) is 0 Å². The van der Waals surface area contributed by atoms with Gasteiger partial charge in [0.15, 0.2) is 5.82 Å². The van der Waals surface area contributed by atoms with Gasteiger partial charge >= 0.3 is 17.5 Å². The first-order chi connectivity index (χ1) is 15.9. The zero-order chi connectivity index (χ0) is 23.4. The Bertz CT molecular complexity index is 1220. The normalized spacial score (nSPS) is 13.3. The average molecular weight is 474 g/mol. The maximum absolute atomic E-state index is 14.4. The second-order valence-electron chi connectivity index (χ2n) is 7.76. The molecule has 2 aromatic heterocycles. The first-order valence-corrected chi connectivity index (χ1v) is 10.9. The van der Waals surface area contributed by atoms with Gasteiger partial charge in [-0.3, -0.25) is 9.78 Å². The molecule has 1 aliphatic rings. The number of fused-ring (bicyclic) bond motifs is 1. The highest BCUT2D eigenvalue weighted by atomic mass is 35.5. The molecule has 0 spiro atoms. The zero-order valence-corrected chi connectivity index (χ0v) is 18.4. The van der Waals surface area contributed by atoms with Crippen molar-refractivity contribution in [1.29, 1.82) is 0 Å². The minimum Gasteiger partial charge on any atom is -0.359 e. The molecule has 0 saturated carbocycles. The van der Waals surface area contributed by atoms with Crippen LogP contribution in [0.25, 0.3) is 0 Å². The quantitative estimate of drug-likeness (QED) is 0.562. The second kappa shape index (κ2) is 9.66. The smallest absolute Gasteiger partial charge is 0.330 e. The lowest BCUT2D eigenvalue weighted by atomic mass is 9.88. The molecule has 1 amide bonds. The van der Waals surface area contributed by atoms with E-state index < -0.39 is 35.6 Å². The molecule has 4 rings (SSSR count). The van der Waals surface area contributed by atoms with Gasteiger partial charge in [0.1, 0.15) is 10.8 Å². The van der Waals surface area contributed by atoms with E-state index in [0.29, 0.717) is 4.57 Å². The van der Waals surface area contributed by atoms with E-state index in [1.165, 1.54) is 35.5 Å². The number of pyridine rings is 1. The molecule has 7 nitrogen and oxygen atoms in total. The summed E-state index contributed by atoms with van der Waals surface area (Å²) >= 11 is 6.03. The Hall–Kier alpha value is -3.33. The van der Waals surface area contributed by atoms with Crippen molar-refractivity contribution in [2.45, 2.75) is 38.2 Å². The third-order valence-electron chi connectivity index (χ3n) is 5.56. The van der Waals surface area contributed by atoms with Crippen LogP contribution in [0.15, 0.2) is 53.6 Å². The molecule has 0 fully saturated rings. The van der Waals surface area contributed by atoms with Crippen LogP contribution >= 0.6 is 11.6 Å². The summed E-state index contributed by atoms with van der Waals surface area (Å²) in [4.78, 5) is 33.0. The number of hydrogen-bond acceptors (Lipinski definition) is 5. The number of alkyl halides is 2. The van der Waals surface area contributed by atoms with Crippen molar-refractivity contribution in [3.63, 3.8) is 0 Å². The van der Waals surface area contributed by atoms with Crippen LogP contribution in [0.2, 0.25) is 5.15 Å². The average Bonchev–Trinajstić information content (AvgIpc) is 2.83. The van der Waals surface area contributed by atoms with E-state index in [0.717, 1.165) is 37.4 Å². The van der Waals surface area contributed by atoms with Crippen LogP contribution in [0.4, 0.5) is 19.4 Å². The molecule has 1 aromatic carbocycles. The summed E-state index contributed by atoms with van der Waals surface area (Å²) in [7, 11) is 0. The summed E-state index contributed by atoms with van der Waals surface area (Å²) in [5.41, 5.74) is 2.10. The van der Waals surface area contributed by atoms with E-state index in [9.17, 15) is 18.4 Å². The molecular weight excluding hydrogens is 452 g/mol. The number of aryl methyl sites for hydroxylation is 1. The highest BCUT2D eigenvalue weighted by molar-refractivity contribution is 6.30. The molecule has 0 bridgehead atoms. The van der Waals surface area contributed by atoms with E-state index in [1.807, 2.05) is 12.1 Å². The van der Waals surface area contributed by atoms with E-state index in [2.05, 4.69) is 26.7 Å². The van der Waals surface area contributed by atoms with Gasteiger partial charge in [-0.15, -0.1) is 0 Å². The second-order valence-corrected chi connectivity index (χ2v) is 8.15. The summed E-state index contributed by atoms with van der Waals surface area (Å²) in [5.74, 6) is -3.77. The molecule has 2 heterocycles. The molecule has 0 saturated heterocycles. The summed E-state index contributed by atoms with van der Waals surface area (Å²) in [6, 6.07) is 9.36. The summed E-state index contributed by atoms with van der Waals surface area (Å²) in [6.07, 6.45) is 6.49. The van der Waals surface area contributed by atoms with Crippen molar-refractivity contribution in [2.24, 2.45) is 0 Å². The van der Waals surface area contributed by atoms with Crippen molar-refractivity contribution >= 4 is 23.4 Å². The fourth-order valence-electron chi connectivity index (χ4n) is 3.88. The number of rotatable bonds is 6. The Morgan fingerprint density at radius 3 is 2.73 bits per heavy atom. The molecule has 0 atom stereocenters. The molecule has 0 radical (unpaired) electrons. The lowest BCUT2D eigenvalue weighted by Crippen LogP contribution is -2.39. The zero-order valence-electron chi connectivity index (χ0n) is 17.7. The standard InChI is InChI=1S/C23H22ClF2N5O2/c24-19-13-28-20(30-14-23(25,26)18-10-3-4-11-27-18)21(32)31(19)22(33)29-12-16-8-5-7-15-6-1-2-9-17(15)16/h3-5,7-8,10-11,13H,1-2,6,9,12,14H2,(H,28,30)(H,29,33). The van der Waals surface area contributed by atoms with Crippen molar-refractivity contribution in [3.8, 4) is 0 Å². The van der Waals surface area contributed by atoms with Gasteiger partial charge in [0.2, 0.25) is 0 Å². The van der Waals surface area contributed by atoms with Gasteiger partial charge in [0.05, 0.1) is 12.7 Å². The van der Waals surface area contributed by atoms with Crippen LogP contribution in [0, 0.1) is 0 Å². The number of amides is 1. The Kier molecular flexibility index (Phi) is 6.69. The van der Waals surface area contributed by atoms with Crippen molar-refractivity contribution in [2.75, 3.05) is 11.9 Å². The van der Waals surface area contributed by atoms with Gasteiger partial charge in [-0.2, -0.15) is 8.78 Å². The van der Waals surface area contributed by atoms with Crippen molar-refractivity contribution in [1.82, 2.24) is 19.9 Å². The van der Waals surface area contributed by atoms with Gasteiger partial charge in [-0.1, -0.05) is 35.9 Å². The van der Waals surface area contributed by atoms with Crippen molar-refractivity contribution in [3.05, 3.63) is 86.7 Å². The first kappa shape index (κ1) is 22.8. The Labute approximate surface area is 193 Å². The molecular formula is C23H22ClF2N5O2. The fraction of sp³-hybridized carbons (Fsp3) is 0.304. The molecule has 0 unspecified atom stereocenters. The topological polar surface area (TPSA) is 88.9 Å². The number of halogens is 3. The summed E-state index contributed by atoms with van der Waals surface area (Å²) in [6.45, 7) is -0.709. The fourth-order valence-corrected chi connectivity index (χ4v) is 4.09. The predicted molar refractivity (Wildman–Crippen MR) is 121 cm³/mol. The minimum absolute atomic E-state index is 0.216. The molecule has 10 heteroatoms. The SMILES string of the molecule is O=C(NCc1cccc2c1CCCC2)n1c(Cl)cnc(NCC(F)(F)c2ccccn2)c1=O. The maximum atomic E-state index is 14.4. The van der Waals surface area contributed by atoms with E-state index in [4.69, 9.17) is 11.6 Å². The third-order valence-corrected chi connectivity index (χ3v) is 5.83. The number of hydrogen-bond donors (Lipinski definition) is 2. The maximum Gasteiger partial charge on any atom is 0.330 e. The molecule has 2 N–H and O–H groups in total. The number of aromatic nitrogens is 3. The van der Waals surface area contributed by atoms with Gasteiger partial charge in [-0.05, 0) is 54.5 Å². The number of benzene rings is 1. The van der Waals surface area contributed by atoms with Gasteiger partial charge in [-0.25, -0.2) is 14.3 Å². The Balaban J connectivity index is 1.49. The number of carbonyl (C=O) groups excluding carboxylic acids is 1. The van der Waals surface area contributed by atoms with Gasteiger partial charge in [0, 0.05) is 12.7 Å². The van der Waals surface area contributed by atoms with E-state index in [-0.39, 0.29) is 11.7 Å². The summed E-state index contributed by atoms with van der Waals surface area (Å²) in [5, 5.41) is 4.79. The lowest BCUT2D eigenvalue weighted by molar-refractivity contribution is 0.00589. The first-order valence-electron chi connectivity index (χ1n) is 10.6. The Morgan fingerprint density at radius 2 is 1.94 bits per heavy atom. The molecule has 172 valence electrons. The van der Waals surface area contributed by atoms with Crippen LogP contribution < -0.4 is 16.2 Å². The third kappa shape index (κ3) is 5.03. The monoisotopic (exact) mass is 473 g/mol. The van der Waals surface area contributed by atoms with Crippen molar-refractivity contribution < 1.29 is 13.6 Å². The Morgan fingerprint density at radius 1 is 1.12 bits per heavy atom. The van der Waals surface area contributed by atoms with Gasteiger partial charge < -0.3 is 10.6 Å². The van der Waals surface area contributed by atoms with Gasteiger partial charge in [0.25, 0.3) is 0 Å². The molecule has 0 aliphatic heterocycles. The predicted octanol–water partition coefficient (Wildman–Crippen LogP) is 4.13. The number of carbonyl (C=O) groups is 1. The molecule has 1 aliphatic carbocycles. The molecule has 33 heavy (non-hydrogen) atoms. The number of nitrogens with one attached hydrogen (secondary N) is 2. The minimum atomic E-state index is -3.35. The highest BCUT2D eigenvalue weighted by Gasteiger charge is 2.33. The number of nitrogens with zero attached hydrogens (tertiary/aromatic N) is 3. The van der Waals surface area contributed by atoms with Crippen LogP contribution in [-0.4, -0.2) is 27.1 Å². The van der Waals surface area contributed by atoms with Crippen LogP contribution in [0.3, 0.4) is 0 Å². The van der Waals surface area contributed by atoms with Crippen LogP contribution in [-0.2, 0) is 25.3 Å². The largest absolute Gasteiger partial charge is 0.359 e. The highest BCUT2D eigenvalue weighted by Crippen LogP contribution is 2.26.